The van der Waals surface area contributed by atoms with Crippen molar-refractivity contribution < 1.29 is 24.5 Å². The van der Waals surface area contributed by atoms with Crippen LogP contribution in [0, 0.1) is 0 Å². The van der Waals surface area contributed by atoms with E-state index in [0.29, 0.717) is 19.3 Å². The van der Waals surface area contributed by atoms with Crippen LogP contribution in [-0.2, 0) is 14.3 Å². The van der Waals surface area contributed by atoms with Crippen molar-refractivity contribution in [2.75, 3.05) is 6.61 Å². The zero-order valence-electron chi connectivity index (χ0n) is 36.1. The summed E-state index contributed by atoms with van der Waals surface area (Å²) in [4.78, 5) is 26.0. The van der Waals surface area contributed by atoms with Crippen LogP contribution in [0.25, 0.3) is 0 Å². The molecule has 0 aliphatic carbocycles. The first kappa shape index (κ1) is 52.3. The van der Waals surface area contributed by atoms with E-state index in [4.69, 9.17) is 4.74 Å². The molecule has 318 valence electrons. The zero-order chi connectivity index (χ0) is 39.6. The highest BCUT2D eigenvalue weighted by atomic mass is 16.5. The number of rotatable bonds is 42. The number of esters is 1. The van der Waals surface area contributed by atoms with Crippen molar-refractivity contribution in [1.82, 2.24) is 5.32 Å². The fraction of sp³-hybridized carbons (Fsp3) is 0.875. The summed E-state index contributed by atoms with van der Waals surface area (Å²) in [6, 6.07) is -0.705. The maximum atomic E-state index is 13.1. The smallest absolute Gasteiger partial charge is 0.306 e. The van der Waals surface area contributed by atoms with Crippen LogP contribution in [0.15, 0.2) is 24.3 Å². The van der Waals surface area contributed by atoms with Crippen molar-refractivity contribution in [3.63, 3.8) is 0 Å². The second-order valence-corrected chi connectivity index (χ2v) is 16.2. The van der Waals surface area contributed by atoms with Gasteiger partial charge < -0.3 is 20.3 Å². The summed E-state index contributed by atoms with van der Waals surface area (Å²) in [5, 5.41) is 23.6. The SMILES string of the molecule is CCCCC/C=C\CCCCCCCC(=O)OC(CCC/C=C\CCCCCCCCC)CC(=O)NC(CO)C(O)CCCCCCCCCCCCC. The maximum absolute atomic E-state index is 13.1. The van der Waals surface area contributed by atoms with E-state index in [0.717, 1.165) is 64.2 Å². The van der Waals surface area contributed by atoms with Gasteiger partial charge in [-0.05, 0) is 70.6 Å². The van der Waals surface area contributed by atoms with Crippen LogP contribution < -0.4 is 5.32 Å². The molecule has 0 bridgehead atoms. The van der Waals surface area contributed by atoms with E-state index in [9.17, 15) is 19.8 Å². The van der Waals surface area contributed by atoms with Gasteiger partial charge in [0.1, 0.15) is 6.10 Å². The molecule has 0 aromatic rings. The quantitative estimate of drug-likeness (QED) is 0.0327. The largest absolute Gasteiger partial charge is 0.462 e. The number of unbranched alkanes of at least 4 members (excludes halogenated alkanes) is 26. The molecule has 6 nitrogen and oxygen atoms in total. The Morgan fingerprint density at radius 2 is 0.907 bits per heavy atom. The van der Waals surface area contributed by atoms with Gasteiger partial charge in [0.15, 0.2) is 0 Å². The van der Waals surface area contributed by atoms with E-state index in [2.05, 4.69) is 50.4 Å². The number of hydrogen-bond acceptors (Lipinski definition) is 5. The predicted octanol–water partition coefficient (Wildman–Crippen LogP) is 13.6. The average molecular weight is 762 g/mol. The van der Waals surface area contributed by atoms with Gasteiger partial charge in [-0.2, -0.15) is 0 Å². The van der Waals surface area contributed by atoms with Crippen LogP contribution in [0.3, 0.4) is 0 Å². The van der Waals surface area contributed by atoms with Gasteiger partial charge in [0, 0.05) is 6.42 Å². The highest BCUT2D eigenvalue weighted by molar-refractivity contribution is 5.77. The van der Waals surface area contributed by atoms with Crippen molar-refractivity contribution in [1.29, 1.82) is 0 Å². The lowest BCUT2D eigenvalue weighted by molar-refractivity contribution is -0.151. The first-order valence-electron chi connectivity index (χ1n) is 23.6. The molecular weight excluding hydrogens is 671 g/mol. The Labute approximate surface area is 335 Å². The Balaban J connectivity index is 4.62. The lowest BCUT2D eigenvalue weighted by Gasteiger charge is -2.24. The number of aliphatic hydroxyl groups is 2. The fourth-order valence-electron chi connectivity index (χ4n) is 7.13. The second-order valence-electron chi connectivity index (χ2n) is 16.2. The van der Waals surface area contributed by atoms with Crippen molar-refractivity contribution >= 4 is 11.9 Å². The first-order chi connectivity index (χ1) is 26.5. The average Bonchev–Trinajstić information content (AvgIpc) is 3.16. The fourth-order valence-corrected chi connectivity index (χ4v) is 7.13. The molecule has 0 rings (SSSR count). The van der Waals surface area contributed by atoms with Gasteiger partial charge in [0.25, 0.3) is 0 Å². The van der Waals surface area contributed by atoms with Crippen molar-refractivity contribution in [2.45, 2.75) is 264 Å². The number of carbonyl (C=O) groups is 2. The van der Waals surface area contributed by atoms with Crippen LogP contribution in [0.5, 0.6) is 0 Å². The molecule has 0 heterocycles. The molecule has 0 saturated heterocycles. The van der Waals surface area contributed by atoms with Gasteiger partial charge in [-0.1, -0.05) is 186 Å². The third kappa shape index (κ3) is 37.3. The molecule has 0 aliphatic rings. The molecule has 0 saturated carbocycles. The lowest BCUT2D eigenvalue weighted by Crippen LogP contribution is -2.46. The second kappa shape index (κ2) is 42.5. The molecule has 0 aromatic heterocycles. The first-order valence-corrected chi connectivity index (χ1v) is 23.6. The molecule has 6 heteroatoms. The molecule has 3 N–H and O–H groups in total. The number of nitrogens with one attached hydrogen (secondary N) is 1. The highest BCUT2D eigenvalue weighted by Crippen LogP contribution is 2.17. The van der Waals surface area contributed by atoms with Gasteiger partial charge in [0.2, 0.25) is 5.91 Å². The number of carbonyl (C=O) groups excluding carboxylic acids is 2. The number of hydrogen-bond donors (Lipinski definition) is 3. The minimum absolute atomic E-state index is 0.0567. The summed E-state index contributed by atoms with van der Waals surface area (Å²) >= 11 is 0. The Bertz CT molecular complexity index is 858. The van der Waals surface area contributed by atoms with E-state index >= 15 is 0 Å². The van der Waals surface area contributed by atoms with Crippen LogP contribution in [0.1, 0.15) is 245 Å². The Kier molecular flexibility index (Phi) is 41.2. The van der Waals surface area contributed by atoms with Gasteiger partial charge in [-0.25, -0.2) is 0 Å². The Hall–Kier alpha value is -1.66. The lowest BCUT2D eigenvalue weighted by atomic mass is 10.0. The molecule has 1 amide bonds. The Morgan fingerprint density at radius 3 is 1.39 bits per heavy atom. The van der Waals surface area contributed by atoms with Crippen molar-refractivity contribution in [3.05, 3.63) is 24.3 Å². The standard InChI is InChI=1S/C48H91NO5/c1-4-7-10-13-16-19-22-25-27-30-33-36-39-44(54-48(53)41-38-35-32-29-26-23-20-17-14-11-8-5-2)42-47(52)49-45(43-50)46(51)40-37-34-31-28-24-21-18-15-12-9-6-3/h17,20,27,30,44-46,50-51H,4-16,18-19,21-26,28-29,31-43H2,1-3H3,(H,49,52)/b20-17-,30-27-. The van der Waals surface area contributed by atoms with E-state index in [1.807, 2.05) is 0 Å². The van der Waals surface area contributed by atoms with Gasteiger partial charge in [-0.3, -0.25) is 9.59 Å². The topological polar surface area (TPSA) is 95.9 Å². The number of amides is 1. The van der Waals surface area contributed by atoms with Crippen molar-refractivity contribution in [3.8, 4) is 0 Å². The molecule has 0 spiro atoms. The van der Waals surface area contributed by atoms with Gasteiger partial charge >= 0.3 is 5.97 Å². The molecule has 54 heavy (non-hydrogen) atoms. The molecule has 0 radical (unpaired) electrons. The van der Waals surface area contributed by atoms with Crippen LogP contribution in [0.4, 0.5) is 0 Å². The predicted molar refractivity (Wildman–Crippen MR) is 232 cm³/mol. The summed E-state index contributed by atoms with van der Waals surface area (Å²) in [5.74, 6) is -0.508. The van der Waals surface area contributed by atoms with Gasteiger partial charge in [-0.15, -0.1) is 0 Å². The molecular formula is C48H91NO5. The van der Waals surface area contributed by atoms with E-state index in [-0.39, 0.29) is 24.9 Å². The molecule has 3 unspecified atom stereocenters. The van der Waals surface area contributed by atoms with E-state index < -0.39 is 18.2 Å². The Morgan fingerprint density at radius 1 is 0.519 bits per heavy atom. The summed E-state index contributed by atoms with van der Waals surface area (Å²) in [5.41, 5.74) is 0. The molecule has 3 atom stereocenters. The molecule has 0 aromatic carbocycles. The van der Waals surface area contributed by atoms with Crippen LogP contribution in [0.2, 0.25) is 0 Å². The minimum Gasteiger partial charge on any atom is -0.462 e. The molecule has 0 fully saturated rings. The van der Waals surface area contributed by atoms with Crippen LogP contribution >= 0.6 is 0 Å². The van der Waals surface area contributed by atoms with E-state index in [1.165, 1.54) is 135 Å². The third-order valence-corrected chi connectivity index (χ3v) is 10.8. The highest BCUT2D eigenvalue weighted by Gasteiger charge is 2.24. The normalized spacial score (nSPS) is 13.5. The summed E-state index contributed by atoms with van der Waals surface area (Å²) in [7, 11) is 0. The van der Waals surface area contributed by atoms with Crippen LogP contribution in [-0.4, -0.2) is 46.9 Å². The van der Waals surface area contributed by atoms with Gasteiger partial charge in [0.05, 0.1) is 25.2 Å². The number of allylic oxidation sites excluding steroid dienone is 4. The minimum atomic E-state index is -0.790. The van der Waals surface area contributed by atoms with E-state index in [1.54, 1.807) is 0 Å². The summed E-state index contributed by atoms with van der Waals surface area (Å²) in [6.45, 7) is 6.43. The number of aliphatic hydroxyl groups excluding tert-OH is 2. The maximum Gasteiger partial charge on any atom is 0.306 e. The third-order valence-electron chi connectivity index (χ3n) is 10.8. The summed E-state index contributed by atoms with van der Waals surface area (Å²) in [6.07, 6.45) is 46.6. The van der Waals surface area contributed by atoms with Crippen molar-refractivity contribution in [2.24, 2.45) is 0 Å². The molecule has 0 aliphatic heterocycles. The number of ether oxygens (including phenoxy) is 1. The zero-order valence-corrected chi connectivity index (χ0v) is 36.1. The summed E-state index contributed by atoms with van der Waals surface area (Å²) < 4.78 is 5.88. The monoisotopic (exact) mass is 762 g/mol.